The van der Waals surface area contributed by atoms with Gasteiger partial charge in [0.2, 0.25) is 5.76 Å². The monoisotopic (exact) mass is 484 g/mol. The van der Waals surface area contributed by atoms with Crippen molar-refractivity contribution in [1.82, 2.24) is 9.55 Å². The number of rotatable bonds is 10. The van der Waals surface area contributed by atoms with E-state index in [0.29, 0.717) is 55.0 Å². The van der Waals surface area contributed by atoms with Gasteiger partial charge in [-0.25, -0.2) is 9.78 Å². The van der Waals surface area contributed by atoms with Crippen molar-refractivity contribution in [2.75, 3.05) is 20.3 Å². The Morgan fingerprint density at radius 2 is 2.20 bits per heavy atom. The number of carbonyl (C=O) groups is 1. The fourth-order valence-electron chi connectivity index (χ4n) is 4.44. The van der Waals surface area contributed by atoms with Crippen LogP contribution in [0, 0.1) is 0 Å². The molecular formula is C26H32N2O7. The highest BCUT2D eigenvalue weighted by Crippen LogP contribution is 2.50. The summed E-state index contributed by atoms with van der Waals surface area (Å²) < 4.78 is 25.0. The van der Waals surface area contributed by atoms with Crippen molar-refractivity contribution in [1.29, 1.82) is 0 Å². The Labute approximate surface area is 204 Å². The highest BCUT2D eigenvalue weighted by atomic mass is 16.6. The molecule has 2 N–H and O–H groups in total. The van der Waals surface area contributed by atoms with Gasteiger partial charge in [0.05, 0.1) is 31.2 Å². The topological polar surface area (TPSA) is 112 Å². The van der Waals surface area contributed by atoms with Crippen molar-refractivity contribution >= 4 is 11.5 Å². The molecule has 2 atom stereocenters. The highest BCUT2D eigenvalue weighted by molar-refractivity contribution is 5.95. The van der Waals surface area contributed by atoms with Gasteiger partial charge >= 0.3 is 5.97 Å². The van der Waals surface area contributed by atoms with E-state index in [2.05, 4.69) is 4.98 Å². The molecule has 1 aromatic carbocycles. The lowest BCUT2D eigenvalue weighted by atomic mass is 9.88. The summed E-state index contributed by atoms with van der Waals surface area (Å²) in [5, 5.41) is 20.2. The molecule has 2 aromatic rings. The Morgan fingerprint density at radius 1 is 1.37 bits per heavy atom. The van der Waals surface area contributed by atoms with Crippen LogP contribution in [0.2, 0.25) is 0 Å². The van der Waals surface area contributed by atoms with Gasteiger partial charge in [-0.15, -0.1) is 0 Å². The van der Waals surface area contributed by atoms with Crippen molar-refractivity contribution < 1.29 is 34.0 Å². The zero-order valence-electron chi connectivity index (χ0n) is 20.3. The lowest BCUT2D eigenvalue weighted by molar-refractivity contribution is -0.141. The predicted octanol–water partition coefficient (Wildman–Crippen LogP) is 3.03. The number of aliphatic hydroxyl groups excluding tert-OH is 1. The minimum Gasteiger partial charge on any atom is -0.496 e. The van der Waals surface area contributed by atoms with Gasteiger partial charge in [0, 0.05) is 43.6 Å². The Kier molecular flexibility index (Phi) is 7.47. The van der Waals surface area contributed by atoms with E-state index in [1.807, 2.05) is 16.8 Å². The standard InChI is InChI=1S/C26H32N2O7/c1-4-33-25(30)21-13-17(7-10-28-11-9-27-16-28)23-20(34-21)15-19-18(24(23)32-3)14-22(35-19)26(2,31)8-5-6-12-29/h7,9,11,13,15-16,22,29,31H,4-6,8,10,12,14H2,1-3H3/b17-7+/t22-,26-/m0/s1. The average molecular weight is 485 g/mol. The molecule has 0 spiro atoms. The summed E-state index contributed by atoms with van der Waals surface area (Å²) >= 11 is 0. The molecule has 2 aliphatic rings. The van der Waals surface area contributed by atoms with Crippen molar-refractivity contribution in [3.63, 3.8) is 0 Å². The number of allylic oxidation sites excluding steroid dienone is 3. The maximum atomic E-state index is 12.5. The number of hydrogen-bond acceptors (Lipinski definition) is 8. The molecule has 35 heavy (non-hydrogen) atoms. The molecule has 1 aromatic heterocycles. The second-order valence-electron chi connectivity index (χ2n) is 8.86. The Bertz CT molecular complexity index is 1120. The van der Waals surface area contributed by atoms with Crippen LogP contribution in [0.4, 0.5) is 0 Å². The highest BCUT2D eigenvalue weighted by Gasteiger charge is 2.41. The normalized spacial score (nSPS) is 19.2. The minimum absolute atomic E-state index is 0.0729. The van der Waals surface area contributed by atoms with E-state index in [0.717, 1.165) is 11.1 Å². The van der Waals surface area contributed by atoms with Gasteiger partial charge in [-0.3, -0.25) is 0 Å². The maximum Gasteiger partial charge on any atom is 0.374 e. The van der Waals surface area contributed by atoms with Crippen LogP contribution in [0.1, 0.15) is 44.2 Å². The van der Waals surface area contributed by atoms with Crippen LogP contribution in [0.25, 0.3) is 5.57 Å². The van der Waals surface area contributed by atoms with Gasteiger partial charge in [0.25, 0.3) is 0 Å². The molecule has 0 saturated carbocycles. The number of carbonyl (C=O) groups excluding carboxylic acids is 1. The van der Waals surface area contributed by atoms with Gasteiger partial charge in [0.1, 0.15) is 23.4 Å². The first kappa shape index (κ1) is 24.8. The van der Waals surface area contributed by atoms with Gasteiger partial charge < -0.3 is 33.7 Å². The fourth-order valence-corrected chi connectivity index (χ4v) is 4.44. The molecule has 9 heteroatoms. The van der Waals surface area contributed by atoms with Gasteiger partial charge in [-0.2, -0.15) is 0 Å². The number of hydrogen-bond donors (Lipinski definition) is 2. The molecule has 4 rings (SSSR count). The van der Waals surface area contributed by atoms with Crippen LogP contribution in [-0.4, -0.2) is 57.8 Å². The van der Waals surface area contributed by atoms with Crippen LogP contribution in [-0.2, 0) is 22.5 Å². The first-order valence-corrected chi connectivity index (χ1v) is 11.8. The van der Waals surface area contributed by atoms with Crippen molar-refractivity contribution in [3.8, 4) is 17.2 Å². The molecule has 0 fully saturated rings. The maximum absolute atomic E-state index is 12.5. The van der Waals surface area contributed by atoms with Crippen molar-refractivity contribution in [2.45, 2.75) is 57.8 Å². The number of aromatic nitrogens is 2. The summed E-state index contributed by atoms with van der Waals surface area (Å²) in [5.41, 5.74) is 1.21. The molecule has 9 nitrogen and oxygen atoms in total. The van der Waals surface area contributed by atoms with Crippen LogP contribution in [0.5, 0.6) is 17.2 Å². The molecule has 0 amide bonds. The zero-order valence-corrected chi connectivity index (χ0v) is 20.3. The Morgan fingerprint density at radius 3 is 2.89 bits per heavy atom. The predicted molar refractivity (Wildman–Crippen MR) is 128 cm³/mol. The summed E-state index contributed by atoms with van der Waals surface area (Å²) in [7, 11) is 1.58. The molecule has 3 heterocycles. The van der Waals surface area contributed by atoms with E-state index in [4.69, 9.17) is 24.1 Å². The van der Waals surface area contributed by atoms with Crippen molar-refractivity contribution in [2.24, 2.45) is 0 Å². The molecule has 0 radical (unpaired) electrons. The summed E-state index contributed by atoms with van der Waals surface area (Å²) in [6.07, 6.45) is 10.7. The lowest BCUT2D eigenvalue weighted by Crippen LogP contribution is -2.42. The van der Waals surface area contributed by atoms with Gasteiger partial charge in [-0.05, 0) is 44.8 Å². The number of fused-ring (bicyclic) bond motifs is 2. The third-order valence-electron chi connectivity index (χ3n) is 6.31. The van der Waals surface area contributed by atoms with Crippen LogP contribution in [0.15, 0.2) is 42.7 Å². The second kappa shape index (κ2) is 10.5. The first-order chi connectivity index (χ1) is 16.9. The van der Waals surface area contributed by atoms with Gasteiger partial charge in [-0.1, -0.05) is 6.08 Å². The molecule has 0 unspecified atom stereocenters. The summed E-state index contributed by atoms with van der Waals surface area (Å²) in [6, 6.07) is 1.74. The van der Waals surface area contributed by atoms with E-state index < -0.39 is 17.7 Å². The summed E-state index contributed by atoms with van der Waals surface area (Å²) in [4.78, 5) is 16.6. The molecule has 2 aliphatic heterocycles. The number of methoxy groups -OCH3 is 1. The molecule has 0 aliphatic carbocycles. The number of unbranched alkanes of at least 4 members (excludes halogenated alkanes) is 1. The van der Waals surface area contributed by atoms with Crippen LogP contribution >= 0.6 is 0 Å². The third-order valence-corrected chi connectivity index (χ3v) is 6.31. The quantitative estimate of drug-likeness (QED) is 0.391. The van der Waals surface area contributed by atoms with E-state index in [9.17, 15) is 9.90 Å². The second-order valence-corrected chi connectivity index (χ2v) is 8.86. The smallest absolute Gasteiger partial charge is 0.374 e. The number of esters is 1. The van der Waals surface area contributed by atoms with E-state index >= 15 is 0 Å². The number of ether oxygens (including phenoxy) is 4. The van der Waals surface area contributed by atoms with Crippen LogP contribution in [0.3, 0.4) is 0 Å². The van der Waals surface area contributed by atoms with E-state index in [-0.39, 0.29) is 19.0 Å². The molecular weight excluding hydrogens is 452 g/mol. The number of aliphatic hydroxyl groups is 2. The number of nitrogens with zero attached hydrogens (tertiary/aromatic N) is 2. The fraction of sp³-hybridized carbons (Fsp3) is 0.462. The van der Waals surface area contributed by atoms with E-state index in [1.165, 1.54) is 0 Å². The largest absolute Gasteiger partial charge is 0.496 e. The number of benzene rings is 1. The Balaban J connectivity index is 1.71. The van der Waals surface area contributed by atoms with Crippen molar-refractivity contribution in [3.05, 3.63) is 53.8 Å². The average Bonchev–Trinajstić information content (AvgIpc) is 3.51. The molecule has 0 bridgehead atoms. The van der Waals surface area contributed by atoms with Crippen LogP contribution < -0.4 is 14.2 Å². The SMILES string of the molecule is CCOC(=O)C1=C/C(=C\Cn2ccnc2)c2c(cc3c(c2OC)C[C@@H]([C@@](C)(O)CCCCO)O3)O1. The first-order valence-electron chi connectivity index (χ1n) is 11.8. The van der Waals surface area contributed by atoms with E-state index in [1.54, 1.807) is 45.6 Å². The summed E-state index contributed by atoms with van der Waals surface area (Å²) in [6.45, 7) is 4.33. The molecule has 188 valence electrons. The third kappa shape index (κ3) is 5.21. The van der Waals surface area contributed by atoms with Gasteiger partial charge in [0.15, 0.2) is 0 Å². The lowest BCUT2D eigenvalue weighted by Gasteiger charge is -2.29. The molecule has 0 saturated heterocycles. The zero-order chi connectivity index (χ0) is 25.0. The minimum atomic E-state index is -1.09. The number of imidazole rings is 1. The Hall–Kier alpha value is -3.30. The summed E-state index contributed by atoms with van der Waals surface area (Å²) in [5.74, 6) is 1.07.